The molecule has 0 saturated heterocycles. The fourth-order valence-electron chi connectivity index (χ4n) is 4.59. The predicted octanol–water partition coefficient (Wildman–Crippen LogP) is 0.633. The van der Waals surface area contributed by atoms with Gasteiger partial charge >= 0.3 is 0 Å². The number of rotatable bonds is 19. The van der Waals surface area contributed by atoms with Crippen molar-refractivity contribution in [2.24, 2.45) is 22.2 Å². The molecule has 0 aromatic heterocycles. The number of hydrogen-bond donors (Lipinski definition) is 7. The van der Waals surface area contributed by atoms with Crippen molar-refractivity contribution >= 4 is 29.6 Å². The average Bonchev–Trinajstić information content (AvgIpc) is 3.01. The summed E-state index contributed by atoms with van der Waals surface area (Å²) in [5.74, 6) is -1.88. The maximum Gasteiger partial charge on any atom is 0.243 e. The molecule has 2 aromatic carbocycles. The van der Waals surface area contributed by atoms with Crippen molar-refractivity contribution in [2.45, 2.75) is 83.0 Å². The molecule has 4 amide bonds. The Bertz CT molecular complexity index is 1210. The maximum absolute atomic E-state index is 13.7. The standard InChI is InChI=1S/C32H48N8O4/c1-3-5-17-26(30(43)38-25(29(42)36-4-2)18-12-19-37-32(34)35)39-31(44)27(21-23-15-10-7-11-16-23)40-28(41)24(33)20-22-13-8-6-9-14-22/h6-11,13-16,24-27H,3-5,12,17-21,33H2,1-2H3,(H,36,42)(H,38,43)(H,39,44)(H,40,41)(H4,34,35,37)/t24-,25-,26-,27-/m1/s1. The number of nitrogens with zero attached hydrogens (tertiary/aromatic N) is 1. The third-order valence-electron chi connectivity index (χ3n) is 6.96. The number of nitrogens with two attached hydrogens (primary N) is 3. The molecule has 240 valence electrons. The molecule has 0 aliphatic heterocycles. The number of unbranched alkanes of at least 4 members (excludes halogenated alkanes) is 1. The predicted molar refractivity (Wildman–Crippen MR) is 172 cm³/mol. The molecular formula is C32H48N8O4. The van der Waals surface area contributed by atoms with Gasteiger partial charge in [-0.2, -0.15) is 0 Å². The average molecular weight is 609 g/mol. The number of carbonyl (C=O) groups excluding carboxylic acids is 4. The molecule has 2 rings (SSSR count). The first-order valence-electron chi connectivity index (χ1n) is 15.2. The van der Waals surface area contributed by atoms with E-state index in [2.05, 4.69) is 26.3 Å². The van der Waals surface area contributed by atoms with Crippen LogP contribution in [0.1, 0.15) is 57.1 Å². The van der Waals surface area contributed by atoms with E-state index in [0.29, 0.717) is 45.2 Å². The van der Waals surface area contributed by atoms with Gasteiger partial charge in [-0.25, -0.2) is 0 Å². The Morgan fingerprint density at radius 2 is 1.18 bits per heavy atom. The van der Waals surface area contributed by atoms with Crippen molar-refractivity contribution in [1.29, 1.82) is 0 Å². The number of benzene rings is 2. The van der Waals surface area contributed by atoms with Crippen molar-refractivity contribution in [3.63, 3.8) is 0 Å². The van der Waals surface area contributed by atoms with Gasteiger partial charge < -0.3 is 38.5 Å². The summed E-state index contributed by atoms with van der Waals surface area (Å²) >= 11 is 0. The van der Waals surface area contributed by atoms with E-state index in [1.54, 1.807) is 6.92 Å². The zero-order valence-corrected chi connectivity index (χ0v) is 25.8. The van der Waals surface area contributed by atoms with Crippen molar-refractivity contribution < 1.29 is 19.2 Å². The Balaban J connectivity index is 2.20. The lowest BCUT2D eigenvalue weighted by atomic mass is 10.0. The molecule has 44 heavy (non-hydrogen) atoms. The van der Waals surface area contributed by atoms with Crippen LogP contribution in [0.25, 0.3) is 0 Å². The first kappa shape index (κ1) is 35.7. The molecule has 0 bridgehead atoms. The molecule has 0 radical (unpaired) electrons. The molecule has 0 aliphatic rings. The van der Waals surface area contributed by atoms with Crippen molar-refractivity contribution in [1.82, 2.24) is 21.3 Å². The Hall–Kier alpha value is -4.45. The largest absolute Gasteiger partial charge is 0.370 e. The number of likely N-dealkylation sites (N-methyl/N-ethyl adjacent to an activating group) is 1. The molecule has 10 N–H and O–H groups in total. The van der Waals surface area contributed by atoms with E-state index in [-0.39, 0.29) is 18.3 Å². The summed E-state index contributed by atoms with van der Waals surface area (Å²) in [4.78, 5) is 57.0. The maximum atomic E-state index is 13.7. The zero-order valence-electron chi connectivity index (χ0n) is 25.8. The number of carbonyl (C=O) groups is 4. The third kappa shape index (κ3) is 13.2. The zero-order chi connectivity index (χ0) is 32.3. The summed E-state index contributed by atoms with van der Waals surface area (Å²) in [6, 6.07) is 15.0. The summed E-state index contributed by atoms with van der Waals surface area (Å²) in [6.07, 6.45) is 3.06. The molecule has 0 saturated carbocycles. The van der Waals surface area contributed by atoms with Crippen molar-refractivity contribution in [3.8, 4) is 0 Å². The Kier molecular flexibility index (Phi) is 16.0. The Morgan fingerprint density at radius 3 is 1.73 bits per heavy atom. The lowest BCUT2D eigenvalue weighted by molar-refractivity contribution is -0.134. The summed E-state index contributed by atoms with van der Waals surface area (Å²) in [6.45, 7) is 4.46. The topological polar surface area (TPSA) is 207 Å². The Morgan fingerprint density at radius 1 is 0.682 bits per heavy atom. The monoisotopic (exact) mass is 608 g/mol. The smallest absolute Gasteiger partial charge is 0.243 e. The van der Waals surface area contributed by atoms with Crippen molar-refractivity contribution in [2.75, 3.05) is 13.1 Å². The fraction of sp³-hybridized carbons (Fsp3) is 0.469. The molecule has 12 heteroatoms. The molecule has 4 atom stereocenters. The Labute approximate surface area is 260 Å². The van der Waals surface area contributed by atoms with Gasteiger partial charge in [-0.3, -0.25) is 24.2 Å². The number of hydrogen-bond acceptors (Lipinski definition) is 6. The van der Waals surface area contributed by atoms with Crippen LogP contribution in [0.3, 0.4) is 0 Å². The quantitative estimate of drug-likeness (QED) is 0.0687. The van der Waals surface area contributed by atoms with Crippen LogP contribution in [0.4, 0.5) is 0 Å². The van der Waals surface area contributed by atoms with Gasteiger partial charge in [-0.15, -0.1) is 0 Å². The lowest BCUT2D eigenvalue weighted by Crippen LogP contribution is -2.58. The second-order valence-electron chi connectivity index (χ2n) is 10.7. The first-order valence-corrected chi connectivity index (χ1v) is 15.2. The van der Waals surface area contributed by atoms with E-state index in [1.807, 2.05) is 67.6 Å². The molecule has 0 aliphatic carbocycles. The van der Waals surface area contributed by atoms with E-state index in [4.69, 9.17) is 17.2 Å². The van der Waals surface area contributed by atoms with Gasteiger partial charge in [0.05, 0.1) is 6.04 Å². The fourth-order valence-corrected chi connectivity index (χ4v) is 4.59. The van der Waals surface area contributed by atoms with E-state index in [9.17, 15) is 19.2 Å². The van der Waals surface area contributed by atoms with Gasteiger partial charge in [0.25, 0.3) is 0 Å². The normalized spacial score (nSPS) is 13.4. The van der Waals surface area contributed by atoms with Crippen LogP contribution < -0.4 is 38.5 Å². The van der Waals surface area contributed by atoms with Gasteiger partial charge in [0.15, 0.2) is 5.96 Å². The molecular weight excluding hydrogens is 560 g/mol. The summed E-state index contributed by atoms with van der Waals surface area (Å²) < 4.78 is 0. The van der Waals surface area contributed by atoms with E-state index >= 15 is 0 Å². The highest BCUT2D eigenvalue weighted by Crippen LogP contribution is 2.09. The molecule has 2 aromatic rings. The molecule has 0 spiro atoms. The van der Waals surface area contributed by atoms with Crippen LogP contribution in [-0.4, -0.2) is 66.8 Å². The molecule has 12 nitrogen and oxygen atoms in total. The van der Waals surface area contributed by atoms with Crippen LogP contribution >= 0.6 is 0 Å². The highest BCUT2D eigenvalue weighted by molar-refractivity contribution is 5.95. The SMILES string of the molecule is CCCC[C@@H](NC(=O)[C@@H](Cc1ccccc1)NC(=O)[C@H](N)Cc1ccccc1)C(=O)N[C@H](CCCN=C(N)N)C(=O)NCC. The highest BCUT2D eigenvalue weighted by Gasteiger charge is 2.30. The minimum atomic E-state index is -0.984. The highest BCUT2D eigenvalue weighted by atomic mass is 16.2. The lowest BCUT2D eigenvalue weighted by Gasteiger charge is -2.26. The second-order valence-corrected chi connectivity index (χ2v) is 10.7. The summed E-state index contributed by atoms with van der Waals surface area (Å²) in [5, 5.41) is 11.2. The number of aliphatic imine (C=N–C) groups is 1. The molecule has 0 heterocycles. The third-order valence-corrected chi connectivity index (χ3v) is 6.96. The minimum absolute atomic E-state index is 0.0518. The van der Waals surface area contributed by atoms with Gasteiger partial charge in [-0.05, 0) is 43.7 Å². The van der Waals surface area contributed by atoms with Crippen LogP contribution in [0.2, 0.25) is 0 Å². The number of guanidine groups is 1. The summed E-state index contributed by atoms with van der Waals surface area (Å²) in [5.41, 5.74) is 18.7. The molecule has 0 fully saturated rings. The van der Waals surface area contributed by atoms with Gasteiger partial charge in [0, 0.05) is 19.5 Å². The minimum Gasteiger partial charge on any atom is -0.370 e. The van der Waals surface area contributed by atoms with Gasteiger partial charge in [-0.1, -0.05) is 80.4 Å². The van der Waals surface area contributed by atoms with Crippen LogP contribution in [-0.2, 0) is 32.0 Å². The van der Waals surface area contributed by atoms with Gasteiger partial charge in [0.1, 0.15) is 18.1 Å². The number of nitrogens with one attached hydrogen (secondary N) is 4. The van der Waals surface area contributed by atoms with E-state index < -0.39 is 41.9 Å². The van der Waals surface area contributed by atoms with E-state index in [0.717, 1.165) is 17.5 Å². The van der Waals surface area contributed by atoms with Crippen LogP contribution in [0.5, 0.6) is 0 Å². The number of amides is 4. The van der Waals surface area contributed by atoms with Crippen LogP contribution in [0, 0.1) is 0 Å². The van der Waals surface area contributed by atoms with Crippen molar-refractivity contribution in [3.05, 3.63) is 71.8 Å². The molecule has 0 unspecified atom stereocenters. The van der Waals surface area contributed by atoms with Gasteiger partial charge in [0.2, 0.25) is 23.6 Å². The first-order chi connectivity index (χ1) is 21.1. The second kappa shape index (κ2) is 19.7. The summed E-state index contributed by atoms with van der Waals surface area (Å²) in [7, 11) is 0. The van der Waals surface area contributed by atoms with E-state index in [1.165, 1.54) is 0 Å². The van der Waals surface area contributed by atoms with Crippen LogP contribution in [0.15, 0.2) is 65.7 Å².